The Morgan fingerprint density at radius 1 is 1.07 bits per heavy atom. The van der Waals surface area contributed by atoms with Crippen LogP contribution in [-0.4, -0.2) is 56.3 Å². The van der Waals surface area contributed by atoms with E-state index in [-0.39, 0.29) is 23.8 Å². The first kappa shape index (κ1) is 22.9. The molecule has 0 saturated heterocycles. The molecule has 27 heavy (non-hydrogen) atoms. The Morgan fingerprint density at radius 2 is 1.63 bits per heavy atom. The van der Waals surface area contributed by atoms with Gasteiger partial charge in [-0.05, 0) is 49.6 Å². The predicted molar refractivity (Wildman–Crippen MR) is 98.2 cm³/mol. The number of carboxylic acids is 2. The van der Waals surface area contributed by atoms with Crippen LogP contribution in [0, 0.1) is 5.92 Å². The molecule has 0 heterocycles. The van der Waals surface area contributed by atoms with Crippen molar-refractivity contribution in [1.82, 2.24) is 10.0 Å². The Labute approximate surface area is 158 Å². The number of nitrogens with one attached hydrogen (secondary N) is 2. The van der Waals surface area contributed by atoms with Gasteiger partial charge in [0.05, 0.1) is 12.0 Å². The van der Waals surface area contributed by atoms with E-state index in [9.17, 15) is 28.2 Å². The molecule has 4 N–H and O–H groups in total. The summed E-state index contributed by atoms with van der Waals surface area (Å²) in [5, 5.41) is 21.2. The van der Waals surface area contributed by atoms with Crippen molar-refractivity contribution in [2.75, 3.05) is 13.7 Å². The molecule has 2 atom stereocenters. The Morgan fingerprint density at radius 3 is 2.07 bits per heavy atom. The highest BCUT2D eigenvalue weighted by atomic mass is 32.2. The fourth-order valence-corrected chi connectivity index (χ4v) is 3.61. The molecule has 0 spiro atoms. The molecule has 0 aliphatic carbocycles. The summed E-state index contributed by atoms with van der Waals surface area (Å²) < 4.78 is 31.8. The highest BCUT2D eigenvalue weighted by molar-refractivity contribution is 7.89. The summed E-state index contributed by atoms with van der Waals surface area (Å²) in [6, 6.07) is 3.31. The van der Waals surface area contributed by atoms with E-state index in [4.69, 9.17) is 4.74 Å². The first-order valence-electron chi connectivity index (χ1n) is 8.42. The van der Waals surface area contributed by atoms with E-state index < -0.39 is 34.0 Å². The lowest BCUT2D eigenvalue weighted by Crippen LogP contribution is -2.45. The average Bonchev–Trinajstić information content (AvgIpc) is 2.59. The van der Waals surface area contributed by atoms with Crippen LogP contribution in [-0.2, 0) is 19.6 Å². The molecule has 0 radical (unpaired) electrons. The van der Waals surface area contributed by atoms with Crippen LogP contribution in [0.4, 0.5) is 0 Å². The maximum Gasteiger partial charge on any atom is 0.321 e. The van der Waals surface area contributed by atoms with E-state index in [0.717, 1.165) is 0 Å². The summed E-state index contributed by atoms with van der Waals surface area (Å²) in [4.78, 5) is 22.5. The van der Waals surface area contributed by atoms with Crippen LogP contribution in [0.2, 0.25) is 0 Å². The van der Waals surface area contributed by atoms with Gasteiger partial charge in [0.1, 0.15) is 17.8 Å². The summed E-state index contributed by atoms with van der Waals surface area (Å²) in [7, 11) is -2.60. The first-order valence-corrected chi connectivity index (χ1v) is 9.90. The van der Waals surface area contributed by atoms with Crippen molar-refractivity contribution in [3.8, 4) is 5.75 Å². The third kappa shape index (κ3) is 7.53. The van der Waals surface area contributed by atoms with Crippen molar-refractivity contribution in [1.29, 1.82) is 0 Å². The van der Waals surface area contributed by atoms with E-state index >= 15 is 0 Å². The summed E-state index contributed by atoms with van der Waals surface area (Å²) in [5.41, 5.74) is 0. The molecule has 0 saturated carbocycles. The number of hydrogen-bond acceptors (Lipinski definition) is 6. The van der Waals surface area contributed by atoms with Crippen LogP contribution in [0.3, 0.4) is 0 Å². The Kier molecular flexibility index (Phi) is 8.67. The van der Waals surface area contributed by atoms with Crippen molar-refractivity contribution >= 4 is 22.0 Å². The molecule has 0 aromatic heterocycles. The molecule has 0 aliphatic rings. The maximum absolute atomic E-state index is 12.4. The summed E-state index contributed by atoms with van der Waals surface area (Å²) in [6.07, 6.45) is 0.275. The van der Waals surface area contributed by atoms with Crippen LogP contribution in [0.1, 0.15) is 26.7 Å². The van der Waals surface area contributed by atoms with Gasteiger partial charge in [-0.15, -0.1) is 0 Å². The second-order valence-electron chi connectivity index (χ2n) is 6.45. The molecule has 0 amide bonds. The molecule has 0 fully saturated rings. The average molecular weight is 402 g/mol. The topological polar surface area (TPSA) is 142 Å². The SMILES string of the molecule is COc1ccc(S(=O)(=O)NC(CCN[C@@H](CC(C)C)C(=O)O)C(=O)O)cc1. The fourth-order valence-electron chi connectivity index (χ4n) is 2.39. The minimum Gasteiger partial charge on any atom is -0.497 e. The molecule has 0 aliphatic heterocycles. The van der Waals surface area contributed by atoms with Crippen LogP contribution in [0.5, 0.6) is 5.75 Å². The number of methoxy groups -OCH3 is 1. The van der Waals surface area contributed by atoms with Crippen molar-refractivity contribution in [3.63, 3.8) is 0 Å². The second-order valence-corrected chi connectivity index (χ2v) is 8.16. The van der Waals surface area contributed by atoms with E-state index in [1.807, 2.05) is 13.8 Å². The minimum absolute atomic E-state index is 0.0335. The van der Waals surface area contributed by atoms with Crippen molar-refractivity contribution in [2.24, 2.45) is 5.92 Å². The van der Waals surface area contributed by atoms with Crippen molar-refractivity contribution < 1.29 is 33.0 Å². The molecule has 1 aromatic carbocycles. The first-order chi connectivity index (χ1) is 12.6. The van der Waals surface area contributed by atoms with Crippen LogP contribution >= 0.6 is 0 Å². The molecule has 1 aromatic rings. The lowest BCUT2D eigenvalue weighted by atomic mass is 10.0. The van der Waals surface area contributed by atoms with Gasteiger partial charge in [0.2, 0.25) is 10.0 Å². The zero-order chi connectivity index (χ0) is 20.6. The standard InChI is InChI=1S/C17H26N2O7S/c1-11(2)10-15(17(22)23)18-9-8-14(16(20)21)19-27(24,25)13-6-4-12(26-3)5-7-13/h4-7,11,14-15,18-19H,8-10H2,1-3H3,(H,20,21)(H,22,23)/t14?,15-/m0/s1. The van der Waals surface area contributed by atoms with Gasteiger partial charge < -0.3 is 20.3 Å². The Hall–Kier alpha value is -2.17. The van der Waals surface area contributed by atoms with Gasteiger partial charge in [-0.1, -0.05) is 13.8 Å². The molecule has 152 valence electrons. The molecule has 0 bridgehead atoms. The normalized spacial score (nSPS) is 13.9. The summed E-state index contributed by atoms with van der Waals surface area (Å²) >= 11 is 0. The largest absolute Gasteiger partial charge is 0.497 e. The zero-order valence-electron chi connectivity index (χ0n) is 15.5. The highest BCUT2D eigenvalue weighted by Gasteiger charge is 2.26. The number of carboxylic acid groups (broad SMARTS) is 2. The molecule has 9 nitrogen and oxygen atoms in total. The lowest BCUT2D eigenvalue weighted by molar-refractivity contribution is -0.140. The summed E-state index contributed by atoms with van der Waals surface area (Å²) in [6.45, 7) is 3.78. The third-order valence-electron chi connectivity index (χ3n) is 3.79. The molecular formula is C17H26N2O7S. The van der Waals surface area contributed by atoms with E-state index in [1.54, 1.807) is 0 Å². The quantitative estimate of drug-likeness (QED) is 0.404. The number of carbonyl (C=O) groups is 2. The van der Waals surface area contributed by atoms with Crippen molar-refractivity contribution in [3.05, 3.63) is 24.3 Å². The zero-order valence-corrected chi connectivity index (χ0v) is 16.3. The molecule has 1 rings (SSSR count). The Balaban J connectivity index is 2.75. The fraction of sp³-hybridized carbons (Fsp3) is 0.529. The Bertz CT molecular complexity index is 732. The number of hydrogen-bond donors (Lipinski definition) is 4. The predicted octanol–water partition coefficient (Wildman–Crippen LogP) is 0.906. The van der Waals surface area contributed by atoms with Gasteiger partial charge in [-0.25, -0.2) is 8.42 Å². The van der Waals surface area contributed by atoms with Crippen molar-refractivity contribution in [2.45, 2.75) is 43.7 Å². The smallest absolute Gasteiger partial charge is 0.321 e. The van der Waals surface area contributed by atoms with Gasteiger partial charge in [-0.2, -0.15) is 4.72 Å². The number of benzene rings is 1. The van der Waals surface area contributed by atoms with E-state index in [0.29, 0.717) is 12.2 Å². The second kappa shape index (κ2) is 10.2. The lowest BCUT2D eigenvalue weighted by Gasteiger charge is -2.19. The number of sulfonamides is 1. The number of aliphatic carboxylic acids is 2. The van der Waals surface area contributed by atoms with Gasteiger partial charge >= 0.3 is 11.9 Å². The summed E-state index contributed by atoms with van der Waals surface area (Å²) in [5.74, 6) is -1.76. The van der Waals surface area contributed by atoms with Gasteiger partial charge in [-0.3, -0.25) is 9.59 Å². The van der Waals surface area contributed by atoms with Crippen LogP contribution < -0.4 is 14.8 Å². The number of rotatable bonds is 12. The molecule has 10 heteroatoms. The van der Waals surface area contributed by atoms with Gasteiger partial charge in [0.15, 0.2) is 0 Å². The molecular weight excluding hydrogens is 376 g/mol. The third-order valence-corrected chi connectivity index (χ3v) is 5.28. The van der Waals surface area contributed by atoms with E-state index in [1.165, 1.54) is 31.4 Å². The van der Waals surface area contributed by atoms with Crippen LogP contribution in [0.25, 0.3) is 0 Å². The van der Waals surface area contributed by atoms with Gasteiger partial charge in [0.25, 0.3) is 0 Å². The minimum atomic E-state index is -4.05. The highest BCUT2D eigenvalue weighted by Crippen LogP contribution is 2.16. The van der Waals surface area contributed by atoms with Gasteiger partial charge in [0, 0.05) is 0 Å². The van der Waals surface area contributed by atoms with E-state index in [2.05, 4.69) is 10.0 Å². The molecule has 1 unspecified atom stereocenters. The number of ether oxygens (including phenoxy) is 1. The maximum atomic E-state index is 12.4. The van der Waals surface area contributed by atoms with Crippen LogP contribution in [0.15, 0.2) is 29.2 Å². The monoisotopic (exact) mass is 402 g/mol.